The Bertz CT molecular complexity index is 304. The first-order chi connectivity index (χ1) is 7.42. The van der Waals surface area contributed by atoms with Crippen LogP contribution in [-0.4, -0.2) is 33.3 Å². The third-order valence-electron chi connectivity index (χ3n) is 3.47. The van der Waals surface area contributed by atoms with Crippen LogP contribution in [-0.2, 0) is 11.4 Å². The molecule has 1 aromatic heterocycles. The molecule has 1 saturated carbocycles. The SMILES string of the molecule is c1cn(CCN2OC3CCC2CC3)cn1. The first kappa shape index (κ1) is 9.36. The van der Waals surface area contributed by atoms with Gasteiger partial charge in [0.05, 0.1) is 12.4 Å². The molecule has 1 aliphatic carbocycles. The maximum atomic E-state index is 5.88. The molecular formula is C11H17N3O. The molecule has 0 unspecified atom stereocenters. The van der Waals surface area contributed by atoms with Gasteiger partial charge in [0.2, 0.25) is 0 Å². The topological polar surface area (TPSA) is 30.3 Å². The highest BCUT2D eigenvalue weighted by atomic mass is 16.7. The summed E-state index contributed by atoms with van der Waals surface area (Å²) in [5.74, 6) is 0. The lowest BCUT2D eigenvalue weighted by atomic mass is 9.91. The monoisotopic (exact) mass is 207 g/mol. The zero-order chi connectivity index (χ0) is 10.1. The molecule has 4 heteroatoms. The zero-order valence-corrected chi connectivity index (χ0v) is 8.88. The smallest absolute Gasteiger partial charge is 0.0946 e. The summed E-state index contributed by atoms with van der Waals surface area (Å²) >= 11 is 0. The van der Waals surface area contributed by atoms with Crippen LogP contribution >= 0.6 is 0 Å². The van der Waals surface area contributed by atoms with E-state index in [1.807, 2.05) is 18.7 Å². The molecule has 4 nitrogen and oxygen atoms in total. The number of imidazole rings is 1. The molecule has 2 aliphatic heterocycles. The predicted molar refractivity (Wildman–Crippen MR) is 56.1 cm³/mol. The summed E-state index contributed by atoms with van der Waals surface area (Å²) in [4.78, 5) is 9.92. The summed E-state index contributed by atoms with van der Waals surface area (Å²) in [7, 11) is 0. The Morgan fingerprint density at radius 1 is 1.20 bits per heavy atom. The van der Waals surface area contributed by atoms with Crippen molar-refractivity contribution in [3.8, 4) is 0 Å². The van der Waals surface area contributed by atoms with Crippen molar-refractivity contribution in [2.75, 3.05) is 6.54 Å². The fourth-order valence-electron chi connectivity index (χ4n) is 2.58. The Morgan fingerprint density at radius 3 is 2.67 bits per heavy atom. The van der Waals surface area contributed by atoms with Gasteiger partial charge in [-0.3, -0.25) is 4.84 Å². The van der Waals surface area contributed by atoms with Crippen molar-refractivity contribution >= 4 is 0 Å². The van der Waals surface area contributed by atoms with E-state index in [2.05, 4.69) is 14.6 Å². The van der Waals surface area contributed by atoms with E-state index in [1.165, 1.54) is 25.7 Å². The number of rotatable bonds is 3. The number of hydrogen-bond acceptors (Lipinski definition) is 3. The minimum absolute atomic E-state index is 0.498. The van der Waals surface area contributed by atoms with E-state index in [9.17, 15) is 0 Å². The molecule has 0 atom stereocenters. The summed E-state index contributed by atoms with van der Waals surface area (Å²) in [6.45, 7) is 1.96. The van der Waals surface area contributed by atoms with Gasteiger partial charge in [0.25, 0.3) is 0 Å². The summed E-state index contributed by atoms with van der Waals surface area (Å²) < 4.78 is 2.10. The van der Waals surface area contributed by atoms with E-state index in [4.69, 9.17) is 4.84 Å². The Balaban J connectivity index is 1.55. The van der Waals surface area contributed by atoms with Gasteiger partial charge < -0.3 is 4.57 Å². The highest BCUT2D eigenvalue weighted by Crippen LogP contribution is 2.32. The number of hydrogen-bond donors (Lipinski definition) is 0. The molecule has 2 bridgehead atoms. The second-order valence-corrected chi connectivity index (χ2v) is 4.48. The number of nitrogens with zero attached hydrogens (tertiary/aromatic N) is 3. The van der Waals surface area contributed by atoms with E-state index in [1.54, 1.807) is 0 Å². The lowest BCUT2D eigenvalue weighted by molar-refractivity contribution is -0.276. The Hall–Kier alpha value is -0.870. The van der Waals surface area contributed by atoms with Crippen molar-refractivity contribution in [2.24, 2.45) is 0 Å². The van der Waals surface area contributed by atoms with Crippen molar-refractivity contribution in [3.63, 3.8) is 0 Å². The maximum absolute atomic E-state index is 5.88. The van der Waals surface area contributed by atoms with Crippen LogP contribution in [0.2, 0.25) is 0 Å². The van der Waals surface area contributed by atoms with Crippen molar-refractivity contribution in [1.82, 2.24) is 14.6 Å². The number of hydroxylamine groups is 2. The second kappa shape index (κ2) is 3.94. The molecule has 0 N–H and O–H groups in total. The fraction of sp³-hybridized carbons (Fsp3) is 0.727. The van der Waals surface area contributed by atoms with Gasteiger partial charge in [-0.2, -0.15) is 5.06 Å². The predicted octanol–water partition coefficient (Wildman–Crippen LogP) is 1.44. The first-order valence-corrected chi connectivity index (χ1v) is 5.81. The summed E-state index contributed by atoms with van der Waals surface area (Å²) in [5, 5.41) is 2.19. The summed E-state index contributed by atoms with van der Waals surface area (Å²) in [6.07, 6.45) is 11.3. The van der Waals surface area contributed by atoms with Gasteiger partial charge in [-0.25, -0.2) is 4.98 Å². The van der Waals surface area contributed by atoms with Crippen molar-refractivity contribution in [3.05, 3.63) is 18.7 Å². The minimum Gasteiger partial charge on any atom is -0.336 e. The average molecular weight is 207 g/mol. The van der Waals surface area contributed by atoms with Gasteiger partial charge in [-0.1, -0.05) is 0 Å². The molecule has 0 radical (unpaired) electrons. The molecule has 3 heterocycles. The molecule has 15 heavy (non-hydrogen) atoms. The first-order valence-electron chi connectivity index (χ1n) is 5.81. The average Bonchev–Trinajstić information content (AvgIpc) is 2.81. The molecule has 3 fully saturated rings. The maximum Gasteiger partial charge on any atom is 0.0946 e. The highest BCUT2D eigenvalue weighted by Gasteiger charge is 2.34. The molecule has 0 amide bonds. The van der Waals surface area contributed by atoms with E-state index in [0.717, 1.165) is 13.1 Å². The van der Waals surface area contributed by atoms with E-state index in [0.29, 0.717) is 12.1 Å². The van der Waals surface area contributed by atoms with Crippen LogP contribution in [0.5, 0.6) is 0 Å². The normalized spacial score (nSPS) is 30.9. The van der Waals surface area contributed by atoms with Gasteiger partial charge >= 0.3 is 0 Å². The largest absolute Gasteiger partial charge is 0.336 e. The second-order valence-electron chi connectivity index (χ2n) is 4.48. The molecule has 82 valence electrons. The minimum atomic E-state index is 0.498. The number of fused-ring (bicyclic) bond motifs is 3. The Morgan fingerprint density at radius 2 is 2.07 bits per heavy atom. The Labute approximate surface area is 89.8 Å². The van der Waals surface area contributed by atoms with Gasteiger partial charge in [0, 0.05) is 31.5 Å². The lowest BCUT2D eigenvalue weighted by Crippen LogP contribution is -2.49. The third kappa shape index (κ3) is 1.92. The van der Waals surface area contributed by atoms with Crippen LogP contribution in [0, 0.1) is 0 Å². The Kier molecular flexibility index (Phi) is 2.46. The van der Waals surface area contributed by atoms with Crippen molar-refractivity contribution in [2.45, 2.75) is 44.4 Å². The van der Waals surface area contributed by atoms with Crippen LogP contribution in [0.25, 0.3) is 0 Å². The molecule has 2 saturated heterocycles. The summed E-state index contributed by atoms with van der Waals surface area (Å²) in [6, 6.07) is 0.665. The lowest BCUT2D eigenvalue weighted by Gasteiger charge is -2.44. The standard InChI is InChI=1S/C11H17N3O/c1-3-11-4-2-10(1)14(15-11)8-7-13-6-5-12-9-13/h5-6,9-11H,1-4,7-8H2. The van der Waals surface area contributed by atoms with Crippen LogP contribution in [0.3, 0.4) is 0 Å². The van der Waals surface area contributed by atoms with Crippen LogP contribution in [0.1, 0.15) is 25.7 Å². The van der Waals surface area contributed by atoms with Crippen LogP contribution in [0.4, 0.5) is 0 Å². The summed E-state index contributed by atoms with van der Waals surface area (Å²) in [5.41, 5.74) is 0. The molecular weight excluding hydrogens is 190 g/mol. The number of aromatic nitrogens is 2. The van der Waals surface area contributed by atoms with Gasteiger partial charge in [-0.05, 0) is 25.7 Å². The van der Waals surface area contributed by atoms with Crippen molar-refractivity contribution < 1.29 is 4.84 Å². The molecule has 0 aromatic carbocycles. The van der Waals surface area contributed by atoms with E-state index >= 15 is 0 Å². The zero-order valence-electron chi connectivity index (χ0n) is 8.88. The molecule has 4 rings (SSSR count). The van der Waals surface area contributed by atoms with E-state index < -0.39 is 0 Å². The van der Waals surface area contributed by atoms with Crippen LogP contribution < -0.4 is 0 Å². The van der Waals surface area contributed by atoms with Crippen molar-refractivity contribution in [1.29, 1.82) is 0 Å². The van der Waals surface area contributed by atoms with Gasteiger partial charge in [-0.15, -0.1) is 0 Å². The third-order valence-corrected chi connectivity index (χ3v) is 3.47. The molecule has 1 aromatic rings. The van der Waals surface area contributed by atoms with Crippen LogP contribution in [0.15, 0.2) is 18.7 Å². The molecule has 3 aliphatic rings. The quantitative estimate of drug-likeness (QED) is 0.751. The molecule has 0 spiro atoms. The fourth-order valence-corrected chi connectivity index (χ4v) is 2.58. The van der Waals surface area contributed by atoms with Gasteiger partial charge in [0.15, 0.2) is 0 Å². The van der Waals surface area contributed by atoms with Gasteiger partial charge in [0.1, 0.15) is 0 Å². The van der Waals surface area contributed by atoms with E-state index in [-0.39, 0.29) is 0 Å². The highest BCUT2D eigenvalue weighted by molar-refractivity contribution is 4.82.